The van der Waals surface area contributed by atoms with E-state index < -0.39 is 6.04 Å². The zero-order chi connectivity index (χ0) is 22.1. The van der Waals surface area contributed by atoms with Crippen LogP contribution in [0.3, 0.4) is 0 Å². The number of hydrogen-bond donors (Lipinski definition) is 1. The fraction of sp³-hybridized carbons (Fsp3) is 0.417. The van der Waals surface area contributed by atoms with E-state index in [1.807, 2.05) is 75.4 Å². The summed E-state index contributed by atoms with van der Waals surface area (Å²) in [5, 5.41) is 2.98. The highest BCUT2D eigenvalue weighted by Gasteiger charge is 2.28. The number of hydrogen-bond acceptors (Lipinski definition) is 4. The Morgan fingerprint density at radius 2 is 1.73 bits per heavy atom. The SMILES string of the molecule is COc1cccc(CN(C(=O)CSCc2ccccc2)C(C)C(=O)NC(C)(C)C)c1. The van der Waals surface area contributed by atoms with Crippen LogP contribution < -0.4 is 10.1 Å². The van der Waals surface area contributed by atoms with Crippen molar-refractivity contribution in [3.63, 3.8) is 0 Å². The quantitative estimate of drug-likeness (QED) is 0.648. The molecule has 0 aromatic heterocycles. The lowest BCUT2D eigenvalue weighted by Gasteiger charge is -2.31. The van der Waals surface area contributed by atoms with Gasteiger partial charge in [-0.3, -0.25) is 9.59 Å². The molecule has 0 radical (unpaired) electrons. The molecule has 0 bridgehead atoms. The topological polar surface area (TPSA) is 58.6 Å². The van der Waals surface area contributed by atoms with E-state index in [0.29, 0.717) is 12.3 Å². The predicted octanol–water partition coefficient (Wildman–Crippen LogP) is 4.26. The molecule has 2 amide bonds. The molecule has 2 aromatic rings. The van der Waals surface area contributed by atoms with E-state index in [4.69, 9.17) is 4.74 Å². The first-order valence-electron chi connectivity index (χ1n) is 10.1. The minimum Gasteiger partial charge on any atom is -0.497 e. The molecule has 0 saturated heterocycles. The van der Waals surface area contributed by atoms with E-state index in [-0.39, 0.29) is 17.4 Å². The largest absolute Gasteiger partial charge is 0.497 e. The Labute approximate surface area is 184 Å². The first-order chi connectivity index (χ1) is 14.2. The lowest BCUT2D eigenvalue weighted by molar-refractivity contribution is -0.139. The van der Waals surface area contributed by atoms with Gasteiger partial charge in [-0.2, -0.15) is 0 Å². The molecule has 1 N–H and O–H groups in total. The monoisotopic (exact) mass is 428 g/mol. The van der Waals surface area contributed by atoms with E-state index in [1.165, 1.54) is 5.56 Å². The minimum absolute atomic E-state index is 0.0599. The van der Waals surface area contributed by atoms with Crippen LogP contribution in [0.2, 0.25) is 0 Å². The van der Waals surface area contributed by atoms with E-state index in [2.05, 4.69) is 5.32 Å². The Kier molecular flexibility index (Phi) is 8.78. The maximum Gasteiger partial charge on any atom is 0.242 e. The van der Waals surface area contributed by atoms with Crippen LogP contribution >= 0.6 is 11.8 Å². The number of nitrogens with zero attached hydrogens (tertiary/aromatic N) is 1. The molecule has 2 rings (SSSR count). The fourth-order valence-electron chi connectivity index (χ4n) is 2.94. The van der Waals surface area contributed by atoms with Crippen LogP contribution in [0, 0.1) is 0 Å². The molecule has 0 spiro atoms. The van der Waals surface area contributed by atoms with Crippen LogP contribution in [0.4, 0.5) is 0 Å². The number of carbonyl (C=O) groups excluding carboxylic acids is 2. The summed E-state index contributed by atoms with van der Waals surface area (Å²) in [5.74, 6) is 1.57. The van der Waals surface area contributed by atoms with Gasteiger partial charge in [0.1, 0.15) is 11.8 Å². The van der Waals surface area contributed by atoms with Gasteiger partial charge in [-0.25, -0.2) is 0 Å². The van der Waals surface area contributed by atoms with Crippen molar-refractivity contribution in [3.8, 4) is 5.75 Å². The molecule has 2 aromatic carbocycles. The number of ether oxygens (including phenoxy) is 1. The Morgan fingerprint density at radius 3 is 2.37 bits per heavy atom. The zero-order valence-electron chi connectivity index (χ0n) is 18.5. The zero-order valence-corrected chi connectivity index (χ0v) is 19.3. The molecule has 30 heavy (non-hydrogen) atoms. The van der Waals surface area contributed by atoms with Crippen molar-refractivity contribution >= 4 is 23.6 Å². The van der Waals surface area contributed by atoms with Gasteiger partial charge in [0.05, 0.1) is 12.9 Å². The van der Waals surface area contributed by atoms with Gasteiger partial charge in [0.2, 0.25) is 11.8 Å². The summed E-state index contributed by atoms with van der Waals surface area (Å²) in [7, 11) is 1.61. The predicted molar refractivity (Wildman–Crippen MR) is 124 cm³/mol. The summed E-state index contributed by atoms with van der Waals surface area (Å²) < 4.78 is 5.30. The van der Waals surface area contributed by atoms with Gasteiger partial charge in [-0.15, -0.1) is 11.8 Å². The number of amides is 2. The highest BCUT2D eigenvalue weighted by atomic mass is 32.2. The second-order valence-electron chi connectivity index (χ2n) is 8.27. The molecule has 1 atom stereocenters. The summed E-state index contributed by atoms with van der Waals surface area (Å²) in [5.41, 5.74) is 1.73. The van der Waals surface area contributed by atoms with E-state index in [9.17, 15) is 9.59 Å². The highest BCUT2D eigenvalue weighted by molar-refractivity contribution is 7.99. The van der Waals surface area contributed by atoms with Gasteiger partial charge in [0.25, 0.3) is 0 Å². The molecule has 6 heteroatoms. The van der Waals surface area contributed by atoms with E-state index in [1.54, 1.807) is 30.7 Å². The lowest BCUT2D eigenvalue weighted by Crippen LogP contribution is -2.52. The third kappa shape index (κ3) is 7.75. The maximum absolute atomic E-state index is 13.1. The molecule has 0 fully saturated rings. The van der Waals surface area contributed by atoms with Crippen molar-refractivity contribution < 1.29 is 14.3 Å². The first kappa shape index (κ1) is 23.8. The van der Waals surface area contributed by atoms with Crippen LogP contribution in [0.1, 0.15) is 38.8 Å². The summed E-state index contributed by atoms with van der Waals surface area (Å²) in [6.45, 7) is 7.92. The molecule has 0 heterocycles. The second kappa shape index (κ2) is 11.1. The Balaban J connectivity index is 2.12. The Morgan fingerprint density at radius 1 is 1.07 bits per heavy atom. The van der Waals surface area contributed by atoms with Gasteiger partial charge in [0.15, 0.2) is 0 Å². The van der Waals surface area contributed by atoms with Crippen LogP contribution in [0.5, 0.6) is 5.75 Å². The summed E-state index contributed by atoms with van der Waals surface area (Å²) in [4.78, 5) is 27.5. The third-order valence-corrected chi connectivity index (χ3v) is 5.48. The van der Waals surface area contributed by atoms with E-state index >= 15 is 0 Å². The molecular formula is C24H32N2O3S. The first-order valence-corrected chi connectivity index (χ1v) is 11.2. The number of benzene rings is 2. The van der Waals surface area contributed by atoms with Crippen molar-refractivity contribution in [2.45, 2.75) is 51.6 Å². The Hall–Kier alpha value is -2.47. The maximum atomic E-state index is 13.1. The smallest absolute Gasteiger partial charge is 0.242 e. The number of thioether (sulfide) groups is 1. The molecule has 162 valence electrons. The van der Waals surface area contributed by atoms with Crippen molar-refractivity contribution in [1.29, 1.82) is 0 Å². The Bertz CT molecular complexity index is 834. The minimum atomic E-state index is -0.583. The molecule has 0 aliphatic rings. The van der Waals surface area contributed by atoms with E-state index in [0.717, 1.165) is 17.1 Å². The van der Waals surface area contributed by atoms with Gasteiger partial charge in [0, 0.05) is 17.8 Å². The normalized spacial score (nSPS) is 12.2. The summed E-state index contributed by atoms with van der Waals surface area (Å²) in [6.07, 6.45) is 0. The highest BCUT2D eigenvalue weighted by Crippen LogP contribution is 2.19. The summed E-state index contributed by atoms with van der Waals surface area (Å²) in [6, 6.07) is 17.1. The van der Waals surface area contributed by atoms with Crippen LogP contribution in [-0.4, -0.2) is 41.2 Å². The molecular weight excluding hydrogens is 396 g/mol. The molecule has 0 aliphatic carbocycles. The second-order valence-corrected chi connectivity index (χ2v) is 9.25. The van der Waals surface area contributed by atoms with Crippen LogP contribution in [0.25, 0.3) is 0 Å². The summed E-state index contributed by atoms with van der Waals surface area (Å²) >= 11 is 1.56. The van der Waals surface area contributed by atoms with Gasteiger partial charge in [-0.1, -0.05) is 42.5 Å². The third-order valence-electron chi connectivity index (χ3n) is 4.49. The lowest BCUT2D eigenvalue weighted by atomic mass is 10.1. The molecule has 1 unspecified atom stereocenters. The van der Waals surface area contributed by atoms with Gasteiger partial charge in [-0.05, 0) is 51.0 Å². The average molecular weight is 429 g/mol. The van der Waals surface area contributed by atoms with Crippen LogP contribution in [0.15, 0.2) is 54.6 Å². The molecule has 0 aliphatic heterocycles. The van der Waals surface area contributed by atoms with Crippen molar-refractivity contribution in [2.24, 2.45) is 0 Å². The van der Waals surface area contributed by atoms with Crippen molar-refractivity contribution in [3.05, 3.63) is 65.7 Å². The fourth-order valence-corrected chi connectivity index (χ4v) is 3.81. The number of nitrogens with one attached hydrogen (secondary N) is 1. The number of rotatable bonds is 9. The average Bonchev–Trinajstić information content (AvgIpc) is 2.71. The van der Waals surface area contributed by atoms with Crippen molar-refractivity contribution in [1.82, 2.24) is 10.2 Å². The van der Waals surface area contributed by atoms with Crippen LogP contribution in [-0.2, 0) is 21.9 Å². The standard InChI is InChI=1S/C24H32N2O3S/c1-18(23(28)25-24(2,3)4)26(15-20-12-9-13-21(14-20)29-5)22(27)17-30-16-19-10-7-6-8-11-19/h6-14,18H,15-17H2,1-5H3,(H,25,28). The van der Waals surface area contributed by atoms with Gasteiger partial charge >= 0.3 is 0 Å². The van der Waals surface area contributed by atoms with Gasteiger partial charge < -0.3 is 15.0 Å². The van der Waals surface area contributed by atoms with Crippen molar-refractivity contribution in [2.75, 3.05) is 12.9 Å². The molecule has 0 saturated carbocycles. The number of carbonyl (C=O) groups is 2. The number of methoxy groups -OCH3 is 1. The molecule has 5 nitrogen and oxygen atoms in total.